The number of hydrogen-bond acceptors (Lipinski definition) is 0. The molecule has 0 spiro atoms. The van der Waals surface area contributed by atoms with E-state index >= 15 is 0 Å². The van der Waals surface area contributed by atoms with Crippen LogP contribution < -0.4 is 12.4 Å². The van der Waals surface area contributed by atoms with Crippen LogP contribution in [0.5, 0.6) is 0 Å². The second-order valence-corrected chi connectivity index (χ2v) is 17.1. The van der Waals surface area contributed by atoms with Gasteiger partial charge in [-0.2, -0.15) is 35.4 Å². The smallest absolute Gasteiger partial charge is 0.0637 e. The Hall–Kier alpha value is -1.73. The molecule has 0 unspecified atom stereocenters. The van der Waals surface area contributed by atoms with Gasteiger partial charge in [-0.1, -0.05) is 72.1 Å². The molecule has 6 rings (SSSR count). The van der Waals surface area contributed by atoms with E-state index in [0.717, 1.165) is 12.8 Å². The summed E-state index contributed by atoms with van der Waals surface area (Å²) in [5.74, 6) is 0. The van der Waals surface area contributed by atoms with E-state index in [2.05, 4.69) is 110 Å². The molecule has 3 heteroatoms. The van der Waals surface area contributed by atoms with Crippen LogP contribution >= 0.6 is 0 Å². The minimum Gasteiger partial charge on any atom is -1.00 e. The van der Waals surface area contributed by atoms with Crippen molar-refractivity contribution in [3.63, 3.8) is 0 Å². The van der Waals surface area contributed by atoms with Crippen LogP contribution in [0.25, 0.3) is 21.5 Å². The second-order valence-electron chi connectivity index (χ2n) is 7.75. The van der Waals surface area contributed by atoms with Gasteiger partial charge in [0.25, 0.3) is 0 Å². The molecular weight excluding hydrogens is 491 g/mol. The van der Waals surface area contributed by atoms with Gasteiger partial charge in [0.2, 0.25) is 0 Å². The molecule has 0 N–H and O–H groups in total. The Morgan fingerprint density at radius 2 is 1.03 bits per heavy atom. The first-order valence-corrected chi connectivity index (χ1v) is 16.5. The number of rotatable bonds is 0. The van der Waals surface area contributed by atoms with E-state index in [1.54, 1.807) is 23.3 Å². The molecule has 0 saturated carbocycles. The Morgan fingerprint density at radius 3 is 1.45 bits per heavy atom. The van der Waals surface area contributed by atoms with E-state index < -0.39 is 0 Å². The molecule has 0 aromatic heterocycles. The second kappa shape index (κ2) is 11.2. The third-order valence-corrected chi connectivity index (χ3v) is 5.17. The Bertz CT molecular complexity index is 1190. The number of fused-ring (bicyclic) bond motifs is 6. The third kappa shape index (κ3) is 5.75. The minimum atomic E-state index is 0. The summed E-state index contributed by atoms with van der Waals surface area (Å²) in [7, 11) is 0. The maximum Gasteiger partial charge on any atom is -0.0637 e. The first-order chi connectivity index (χ1) is 14.6. The molecule has 2 aliphatic rings. The molecule has 4 aromatic carbocycles. The number of halogens is 1. The van der Waals surface area contributed by atoms with Crippen molar-refractivity contribution in [2.75, 3.05) is 0 Å². The van der Waals surface area contributed by atoms with Crippen LogP contribution in [-0.2, 0) is 36.2 Å². The van der Waals surface area contributed by atoms with E-state index in [9.17, 15) is 0 Å². The normalized spacial score (nSPS) is 12.3. The number of hydrogen-bond donors (Lipinski definition) is 0. The molecule has 2 aliphatic carbocycles. The Balaban J connectivity index is 0.000000147. The zero-order chi connectivity index (χ0) is 20.9. The summed E-state index contributed by atoms with van der Waals surface area (Å²) in [5, 5.41) is 5.27. The summed E-state index contributed by atoms with van der Waals surface area (Å²) in [5.41, 5.74) is 5.59. The Kier molecular flexibility index (Phi) is 8.67. The van der Waals surface area contributed by atoms with Gasteiger partial charge in [-0.3, -0.25) is 0 Å². The monoisotopic (exact) mass is 513 g/mol. The molecule has 152 valence electrons. The van der Waals surface area contributed by atoms with Crippen molar-refractivity contribution in [3.8, 4) is 0 Å². The average Bonchev–Trinajstić information content (AvgIpc) is 3.43. The summed E-state index contributed by atoms with van der Waals surface area (Å²) in [6.45, 7) is 4.62. The summed E-state index contributed by atoms with van der Waals surface area (Å²) >= 11 is 1.74. The zero-order valence-electron chi connectivity index (χ0n) is 17.9. The molecule has 0 radical (unpaired) electrons. The standard InChI is InChI=1S/2C13H9.C2H6Si.ClH.Zr/c2*1-2-6-12-10(4-1)8-9-11-5-3-7-13(11)12;1-3-2;;/h2*1-4,6,8-9H,5H2;1-2H3;1H;/q2*-1;;;+2/p-1. The summed E-state index contributed by atoms with van der Waals surface area (Å²) in [6.07, 6.45) is 12.9. The molecule has 0 saturated heterocycles. The van der Waals surface area contributed by atoms with Crippen molar-refractivity contribution in [3.05, 3.63) is 119 Å². The molecule has 0 heterocycles. The minimum absolute atomic E-state index is 0. The SMILES string of the molecule is C[Si](C)=[Zr+2].[C-]1=CCc2ccc3ccccc3c21.[C-]1=CCc2ccc3ccccc3c21.[Cl-]. The Labute approximate surface area is 206 Å². The molecule has 0 nitrogen and oxygen atoms in total. The predicted octanol–water partition coefficient (Wildman–Crippen LogP) is 4.00. The fraction of sp³-hybridized carbons (Fsp3) is 0.143. The largest absolute Gasteiger partial charge is 1.00 e. The van der Waals surface area contributed by atoms with Crippen LogP contribution in [0, 0.1) is 12.2 Å². The van der Waals surface area contributed by atoms with E-state index in [4.69, 9.17) is 0 Å². The van der Waals surface area contributed by atoms with Crippen LogP contribution in [0.3, 0.4) is 0 Å². The van der Waals surface area contributed by atoms with Gasteiger partial charge in [-0.15, -0.1) is 46.2 Å². The molecule has 31 heavy (non-hydrogen) atoms. The van der Waals surface area contributed by atoms with E-state index in [1.165, 1.54) is 43.8 Å². The molecule has 0 atom stereocenters. The first kappa shape index (κ1) is 23.9. The predicted molar refractivity (Wildman–Crippen MR) is 127 cm³/mol. The zero-order valence-corrected chi connectivity index (χ0v) is 22.1. The third-order valence-electron chi connectivity index (χ3n) is 5.17. The van der Waals surface area contributed by atoms with Gasteiger partial charge in [-0.25, -0.2) is 0 Å². The van der Waals surface area contributed by atoms with Crippen molar-refractivity contribution in [2.24, 2.45) is 0 Å². The van der Waals surface area contributed by atoms with Gasteiger partial charge >= 0.3 is 41.9 Å². The van der Waals surface area contributed by atoms with Gasteiger partial charge in [0.1, 0.15) is 0 Å². The van der Waals surface area contributed by atoms with Crippen molar-refractivity contribution in [1.82, 2.24) is 0 Å². The van der Waals surface area contributed by atoms with Gasteiger partial charge in [0.05, 0.1) is 0 Å². The van der Waals surface area contributed by atoms with Crippen LogP contribution in [0.15, 0.2) is 84.9 Å². The van der Waals surface area contributed by atoms with Gasteiger partial charge in [0, 0.05) is 0 Å². The van der Waals surface area contributed by atoms with Crippen molar-refractivity contribution in [1.29, 1.82) is 0 Å². The fourth-order valence-electron chi connectivity index (χ4n) is 3.84. The quantitative estimate of drug-likeness (QED) is 0.246. The van der Waals surface area contributed by atoms with E-state index in [1.807, 2.05) is 0 Å². The van der Waals surface area contributed by atoms with Crippen molar-refractivity contribution < 1.29 is 35.7 Å². The van der Waals surface area contributed by atoms with E-state index in [-0.39, 0.29) is 17.8 Å². The molecule has 0 fully saturated rings. The summed E-state index contributed by atoms with van der Waals surface area (Å²) < 4.78 is 0. The summed E-state index contributed by atoms with van der Waals surface area (Å²) in [6, 6.07) is 25.7. The topological polar surface area (TPSA) is 0 Å². The maximum absolute atomic E-state index is 3.32. The van der Waals surface area contributed by atoms with Crippen LogP contribution in [-0.4, -0.2) is 5.43 Å². The van der Waals surface area contributed by atoms with Gasteiger partial charge in [-0.05, 0) is 0 Å². The molecule has 0 aliphatic heterocycles. The fourth-order valence-corrected chi connectivity index (χ4v) is 3.84. The van der Waals surface area contributed by atoms with Crippen LogP contribution in [0.1, 0.15) is 22.3 Å². The molecule has 0 amide bonds. The van der Waals surface area contributed by atoms with Crippen LogP contribution in [0.4, 0.5) is 0 Å². The van der Waals surface area contributed by atoms with E-state index in [0.29, 0.717) is 0 Å². The number of allylic oxidation sites excluding steroid dienone is 2. The molecule has 0 bridgehead atoms. The van der Waals surface area contributed by atoms with Crippen molar-refractivity contribution in [2.45, 2.75) is 25.9 Å². The van der Waals surface area contributed by atoms with Gasteiger partial charge < -0.3 is 12.4 Å². The van der Waals surface area contributed by atoms with Gasteiger partial charge in [0.15, 0.2) is 0 Å². The molecular formula is C28H24ClSiZr-. The maximum atomic E-state index is 3.32. The van der Waals surface area contributed by atoms with Crippen molar-refractivity contribution >= 4 is 27.0 Å². The molecule has 4 aromatic rings. The first-order valence-electron chi connectivity index (χ1n) is 10.3. The average molecular weight is 515 g/mol. The number of benzene rings is 4. The van der Waals surface area contributed by atoms with Crippen LogP contribution in [0.2, 0.25) is 13.1 Å². The summed E-state index contributed by atoms with van der Waals surface area (Å²) in [4.78, 5) is 0. The Morgan fingerprint density at radius 1 is 0.645 bits per heavy atom.